The van der Waals surface area contributed by atoms with Crippen LogP contribution in [0.15, 0.2) is 30.6 Å². The lowest BCUT2D eigenvalue weighted by Crippen LogP contribution is -2.30. The van der Waals surface area contributed by atoms with E-state index in [0.717, 1.165) is 11.9 Å². The monoisotopic (exact) mass is 360 g/mol. The van der Waals surface area contributed by atoms with Crippen molar-refractivity contribution >= 4 is 23.2 Å². The second-order valence-electron chi connectivity index (χ2n) is 5.62. The maximum atomic E-state index is 12.1. The highest BCUT2D eigenvalue weighted by atomic mass is 16.6. The topological polar surface area (TPSA) is 131 Å². The number of nitro groups is 1. The minimum Gasteiger partial charge on any atom is -0.383 e. The lowest BCUT2D eigenvalue weighted by Gasteiger charge is -2.14. The van der Waals surface area contributed by atoms with Gasteiger partial charge in [-0.25, -0.2) is 9.97 Å². The standard InChI is InChI=1S/C16H20N6O4/c1-10-4-6-12(7-5-10)16(23)21-20-15-13(22(24)25)14(17-9-18-15)19-11(2)8-26-3/h4-7,9,11H,8H2,1-3H3,(H,21,23)(H2,17,18,19,20). The van der Waals surface area contributed by atoms with Crippen LogP contribution in [0.25, 0.3) is 0 Å². The van der Waals surface area contributed by atoms with Crippen LogP contribution in [0.1, 0.15) is 22.8 Å². The number of nitrogens with zero attached hydrogens (tertiary/aromatic N) is 3. The zero-order valence-electron chi connectivity index (χ0n) is 14.6. The molecular formula is C16H20N6O4. The number of hydrogen-bond donors (Lipinski definition) is 3. The first kappa shape index (κ1) is 19.1. The van der Waals surface area contributed by atoms with Gasteiger partial charge in [0.1, 0.15) is 6.33 Å². The highest BCUT2D eigenvalue weighted by Crippen LogP contribution is 2.28. The van der Waals surface area contributed by atoms with E-state index in [4.69, 9.17) is 4.74 Å². The van der Waals surface area contributed by atoms with Crippen LogP contribution in [0.4, 0.5) is 17.3 Å². The molecule has 1 unspecified atom stereocenters. The van der Waals surface area contributed by atoms with E-state index in [0.29, 0.717) is 12.2 Å². The summed E-state index contributed by atoms with van der Waals surface area (Å²) in [6.07, 6.45) is 1.16. The molecule has 10 nitrogen and oxygen atoms in total. The molecule has 1 aromatic heterocycles. The van der Waals surface area contributed by atoms with Gasteiger partial charge in [0.25, 0.3) is 5.91 Å². The summed E-state index contributed by atoms with van der Waals surface area (Å²) >= 11 is 0. The summed E-state index contributed by atoms with van der Waals surface area (Å²) < 4.78 is 4.99. The van der Waals surface area contributed by atoms with Crippen molar-refractivity contribution in [1.29, 1.82) is 0 Å². The van der Waals surface area contributed by atoms with Gasteiger partial charge in [-0.2, -0.15) is 0 Å². The van der Waals surface area contributed by atoms with E-state index < -0.39 is 10.8 Å². The highest BCUT2D eigenvalue weighted by Gasteiger charge is 2.24. The van der Waals surface area contributed by atoms with Crippen LogP contribution < -0.4 is 16.2 Å². The van der Waals surface area contributed by atoms with Gasteiger partial charge in [0.05, 0.1) is 11.5 Å². The summed E-state index contributed by atoms with van der Waals surface area (Å²) in [5.41, 5.74) is 5.94. The number of aromatic nitrogens is 2. The van der Waals surface area contributed by atoms with Crippen molar-refractivity contribution in [3.05, 3.63) is 51.8 Å². The van der Waals surface area contributed by atoms with Gasteiger partial charge in [-0.3, -0.25) is 25.8 Å². The van der Waals surface area contributed by atoms with E-state index in [1.54, 1.807) is 31.2 Å². The zero-order valence-corrected chi connectivity index (χ0v) is 14.6. The molecule has 26 heavy (non-hydrogen) atoms. The molecule has 0 aliphatic heterocycles. The number of hydrogen-bond acceptors (Lipinski definition) is 8. The zero-order chi connectivity index (χ0) is 19.1. The molecule has 1 amide bonds. The normalized spacial score (nSPS) is 11.5. The first-order chi connectivity index (χ1) is 12.4. The maximum Gasteiger partial charge on any atom is 0.354 e. The molecule has 0 radical (unpaired) electrons. The molecule has 1 aromatic carbocycles. The van der Waals surface area contributed by atoms with Gasteiger partial charge < -0.3 is 10.1 Å². The van der Waals surface area contributed by atoms with Crippen molar-refractivity contribution in [2.24, 2.45) is 0 Å². The van der Waals surface area contributed by atoms with Crippen molar-refractivity contribution in [2.45, 2.75) is 19.9 Å². The number of aryl methyl sites for hydroxylation is 1. The lowest BCUT2D eigenvalue weighted by molar-refractivity contribution is -0.383. The second-order valence-corrected chi connectivity index (χ2v) is 5.62. The third kappa shape index (κ3) is 4.86. The third-order valence-electron chi connectivity index (χ3n) is 3.41. The van der Waals surface area contributed by atoms with Crippen LogP contribution >= 0.6 is 0 Å². The minimum atomic E-state index is -0.623. The Labute approximate surface area is 150 Å². The smallest absolute Gasteiger partial charge is 0.354 e. The van der Waals surface area contributed by atoms with Crippen molar-refractivity contribution < 1.29 is 14.5 Å². The molecule has 0 saturated heterocycles. The average molecular weight is 360 g/mol. The van der Waals surface area contributed by atoms with E-state index in [9.17, 15) is 14.9 Å². The largest absolute Gasteiger partial charge is 0.383 e. The van der Waals surface area contributed by atoms with Gasteiger partial charge in [0, 0.05) is 18.7 Å². The molecule has 10 heteroatoms. The Kier molecular flexibility index (Phi) is 6.39. The average Bonchev–Trinajstić information content (AvgIpc) is 2.60. The number of rotatable bonds is 8. The Morgan fingerprint density at radius 3 is 2.54 bits per heavy atom. The first-order valence-corrected chi connectivity index (χ1v) is 7.80. The Hall–Kier alpha value is -3.27. The fraction of sp³-hybridized carbons (Fsp3) is 0.312. The minimum absolute atomic E-state index is 0.0293. The molecular weight excluding hydrogens is 340 g/mol. The van der Waals surface area contributed by atoms with Crippen LogP contribution in [0, 0.1) is 17.0 Å². The summed E-state index contributed by atoms with van der Waals surface area (Å²) in [5.74, 6) is -0.542. The molecule has 1 heterocycles. The third-order valence-corrected chi connectivity index (χ3v) is 3.41. The molecule has 0 aliphatic rings. The number of anilines is 2. The lowest BCUT2D eigenvalue weighted by atomic mass is 10.1. The Morgan fingerprint density at radius 1 is 1.27 bits per heavy atom. The predicted octanol–water partition coefficient (Wildman–Crippen LogP) is 1.90. The van der Waals surface area contributed by atoms with E-state index in [2.05, 4.69) is 26.1 Å². The number of carbonyl (C=O) groups excluding carboxylic acids is 1. The van der Waals surface area contributed by atoms with Gasteiger partial charge in [0.2, 0.25) is 11.6 Å². The van der Waals surface area contributed by atoms with Crippen molar-refractivity contribution in [3.63, 3.8) is 0 Å². The van der Waals surface area contributed by atoms with Crippen LogP contribution in [0.2, 0.25) is 0 Å². The molecule has 0 spiro atoms. The van der Waals surface area contributed by atoms with Crippen LogP contribution in [-0.2, 0) is 4.74 Å². The molecule has 1 atom stereocenters. The molecule has 0 saturated carbocycles. The van der Waals surface area contributed by atoms with Crippen molar-refractivity contribution in [3.8, 4) is 0 Å². The fourth-order valence-corrected chi connectivity index (χ4v) is 2.17. The highest BCUT2D eigenvalue weighted by molar-refractivity contribution is 5.95. The summed E-state index contributed by atoms with van der Waals surface area (Å²) in [4.78, 5) is 30.7. The SMILES string of the molecule is COCC(C)Nc1ncnc(NNC(=O)c2ccc(C)cc2)c1[N+](=O)[O-]. The van der Waals surface area contributed by atoms with E-state index in [-0.39, 0.29) is 23.4 Å². The number of ether oxygens (including phenoxy) is 1. The van der Waals surface area contributed by atoms with E-state index in [1.807, 2.05) is 6.92 Å². The molecule has 2 rings (SSSR count). The van der Waals surface area contributed by atoms with E-state index in [1.165, 1.54) is 7.11 Å². The second kappa shape index (κ2) is 8.72. The molecule has 0 bridgehead atoms. The summed E-state index contributed by atoms with van der Waals surface area (Å²) in [6.45, 7) is 4.04. The number of nitrogens with one attached hydrogen (secondary N) is 3. The molecule has 0 fully saturated rings. The summed E-state index contributed by atoms with van der Waals surface area (Å²) in [6, 6.07) is 6.69. The van der Waals surface area contributed by atoms with E-state index >= 15 is 0 Å². The van der Waals surface area contributed by atoms with Gasteiger partial charge in [-0.1, -0.05) is 17.7 Å². The molecule has 2 aromatic rings. The Bertz CT molecular complexity index is 781. The Morgan fingerprint density at radius 2 is 1.92 bits per heavy atom. The summed E-state index contributed by atoms with van der Waals surface area (Å²) in [5, 5.41) is 14.3. The van der Waals surface area contributed by atoms with Gasteiger partial charge in [0.15, 0.2) is 0 Å². The Balaban J connectivity index is 2.16. The quantitative estimate of drug-likeness (QED) is 0.480. The van der Waals surface area contributed by atoms with Gasteiger partial charge in [-0.05, 0) is 26.0 Å². The van der Waals surface area contributed by atoms with Crippen molar-refractivity contribution in [1.82, 2.24) is 15.4 Å². The summed E-state index contributed by atoms with van der Waals surface area (Å²) in [7, 11) is 1.53. The van der Waals surface area contributed by atoms with Crippen molar-refractivity contribution in [2.75, 3.05) is 24.5 Å². The first-order valence-electron chi connectivity index (χ1n) is 7.80. The number of methoxy groups -OCH3 is 1. The number of benzene rings is 1. The molecule has 138 valence electrons. The number of amides is 1. The fourth-order valence-electron chi connectivity index (χ4n) is 2.17. The van der Waals surface area contributed by atoms with Crippen LogP contribution in [0.5, 0.6) is 0 Å². The number of hydrazine groups is 1. The van der Waals surface area contributed by atoms with Crippen LogP contribution in [0.3, 0.4) is 0 Å². The van der Waals surface area contributed by atoms with Gasteiger partial charge >= 0.3 is 5.69 Å². The predicted molar refractivity (Wildman–Crippen MR) is 95.9 cm³/mol. The van der Waals surface area contributed by atoms with Crippen LogP contribution in [-0.4, -0.2) is 40.6 Å². The maximum absolute atomic E-state index is 12.1. The molecule has 3 N–H and O–H groups in total. The molecule has 0 aliphatic carbocycles. The number of carbonyl (C=O) groups is 1. The van der Waals surface area contributed by atoms with Gasteiger partial charge in [-0.15, -0.1) is 0 Å².